The molecule has 2 aliphatic heterocycles. The van der Waals surface area contributed by atoms with Crippen molar-refractivity contribution in [2.24, 2.45) is 11.8 Å². The minimum Gasteiger partial charge on any atom is -0.457 e. The molecular formula is C28H35N3O7. The Bertz CT molecular complexity index is 1170. The molecule has 0 aliphatic carbocycles. The third-order valence-electron chi connectivity index (χ3n) is 6.21. The van der Waals surface area contributed by atoms with Gasteiger partial charge in [0.25, 0.3) is 0 Å². The van der Waals surface area contributed by atoms with Crippen molar-refractivity contribution in [3.05, 3.63) is 65.6 Å². The van der Waals surface area contributed by atoms with Crippen LogP contribution in [-0.2, 0) is 25.5 Å². The second-order valence-electron chi connectivity index (χ2n) is 9.92. The highest BCUT2D eigenvalue weighted by molar-refractivity contribution is 6.00. The van der Waals surface area contributed by atoms with Crippen molar-refractivity contribution >= 4 is 23.4 Å². The minimum absolute atomic E-state index is 0.0241. The number of aliphatic hydroxyl groups is 1. The standard InChI is InChI=1S/C28H35N3O7/c1-16(2)27-18(4)7-10-24(34)29-11-5-6-17(3)12-19(32)13-20(33)14-25-31-23(15-37-25)26(35)21-8-9-22(30-21)28(36)38-27/h5-7,9-10,12,15-16,18-19,21,27,30,32H,8,11,13-14H2,1-4H3,(H,29,34)/b6-5+,10-7+,17-12+/t18-,19-,21?,27-/m1/s1. The molecule has 1 aromatic rings. The van der Waals surface area contributed by atoms with E-state index in [-0.39, 0.29) is 72.4 Å². The number of allylic oxidation sites excluding steroid dienone is 2. The normalized spacial score (nSPS) is 29.3. The van der Waals surface area contributed by atoms with E-state index in [0.29, 0.717) is 0 Å². The molecule has 1 aromatic heterocycles. The number of nitrogens with zero attached hydrogens (tertiary/aromatic N) is 1. The van der Waals surface area contributed by atoms with Gasteiger partial charge in [0.2, 0.25) is 17.6 Å². The number of esters is 1. The van der Waals surface area contributed by atoms with Gasteiger partial charge >= 0.3 is 5.97 Å². The molecule has 204 valence electrons. The van der Waals surface area contributed by atoms with Crippen LogP contribution in [0.15, 0.2) is 58.4 Å². The summed E-state index contributed by atoms with van der Waals surface area (Å²) >= 11 is 0. The number of ether oxygens (including phenoxy) is 1. The fraction of sp³-hybridized carbons (Fsp3) is 0.464. The van der Waals surface area contributed by atoms with E-state index in [1.165, 1.54) is 12.3 Å². The van der Waals surface area contributed by atoms with E-state index < -0.39 is 24.2 Å². The number of rotatable bonds is 1. The van der Waals surface area contributed by atoms with Crippen LogP contribution >= 0.6 is 0 Å². The van der Waals surface area contributed by atoms with Gasteiger partial charge in [-0.2, -0.15) is 0 Å². The van der Waals surface area contributed by atoms with E-state index in [9.17, 15) is 24.3 Å². The van der Waals surface area contributed by atoms with Crippen LogP contribution in [0.5, 0.6) is 0 Å². The minimum atomic E-state index is -1.01. The first-order valence-corrected chi connectivity index (χ1v) is 12.7. The third kappa shape index (κ3) is 8.11. The third-order valence-corrected chi connectivity index (χ3v) is 6.21. The molecule has 10 nitrogen and oxygen atoms in total. The van der Waals surface area contributed by atoms with Crippen LogP contribution in [0.25, 0.3) is 0 Å². The van der Waals surface area contributed by atoms with Gasteiger partial charge in [-0.05, 0) is 25.3 Å². The monoisotopic (exact) mass is 525 g/mol. The molecule has 0 fully saturated rings. The Kier molecular flexibility index (Phi) is 9.95. The molecule has 3 N–H and O–H groups in total. The highest BCUT2D eigenvalue weighted by Crippen LogP contribution is 2.22. The smallest absolute Gasteiger partial charge is 0.354 e. The molecule has 4 bridgehead atoms. The molecule has 1 amide bonds. The Balaban J connectivity index is 1.80. The van der Waals surface area contributed by atoms with Gasteiger partial charge in [-0.1, -0.05) is 56.7 Å². The van der Waals surface area contributed by atoms with Crippen molar-refractivity contribution in [3.63, 3.8) is 0 Å². The van der Waals surface area contributed by atoms with Gasteiger partial charge in [-0.25, -0.2) is 9.78 Å². The number of aliphatic hydroxyl groups excluding tert-OH is 1. The molecule has 0 aromatic carbocycles. The molecule has 0 saturated carbocycles. The molecule has 0 radical (unpaired) electrons. The van der Waals surface area contributed by atoms with Gasteiger partial charge in [-0.3, -0.25) is 14.4 Å². The van der Waals surface area contributed by atoms with E-state index >= 15 is 0 Å². The zero-order chi connectivity index (χ0) is 27.8. The number of hydrogen-bond donors (Lipinski definition) is 3. The number of carbonyl (C=O) groups is 4. The highest BCUT2D eigenvalue weighted by atomic mass is 16.5. The van der Waals surface area contributed by atoms with Crippen LogP contribution in [-0.4, -0.2) is 58.3 Å². The molecular weight excluding hydrogens is 490 g/mol. The maximum Gasteiger partial charge on any atom is 0.354 e. The fourth-order valence-electron chi connectivity index (χ4n) is 4.28. The number of oxazole rings is 1. The van der Waals surface area contributed by atoms with Crippen LogP contribution in [0.3, 0.4) is 0 Å². The van der Waals surface area contributed by atoms with E-state index in [1.807, 2.05) is 20.8 Å². The van der Waals surface area contributed by atoms with Crippen LogP contribution in [0.1, 0.15) is 56.9 Å². The van der Waals surface area contributed by atoms with Crippen molar-refractivity contribution in [1.29, 1.82) is 0 Å². The largest absolute Gasteiger partial charge is 0.457 e. The maximum atomic E-state index is 12.9. The summed E-state index contributed by atoms with van der Waals surface area (Å²) in [5, 5.41) is 15.9. The van der Waals surface area contributed by atoms with Gasteiger partial charge in [0.15, 0.2) is 0 Å². The van der Waals surface area contributed by atoms with Crippen molar-refractivity contribution < 1.29 is 33.4 Å². The quantitative estimate of drug-likeness (QED) is 0.470. The van der Waals surface area contributed by atoms with Gasteiger partial charge in [-0.15, -0.1) is 0 Å². The summed E-state index contributed by atoms with van der Waals surface area (Å²) < 4.78 is 11.1. The first kappa shape index (κ1) is 28.8. The first-order valence-electron chi connectivity index (χ1n) is 12.7. The molecule has 10 heteroatoms. The number of carbonyl (C=O) groups excluding carboxylic acids is 4. The average molecular weight is 526 g/mol. The van der Waals surface area contributed by atoms with Crippen LogP contribution in [0.4, 0.5) is 0 Å². The van der Waals surface area contributed by atoms with E-state index in [0.717, 1.165) is 5.57 Å². The molecule has 3 heterocycles. The Morgan fingerprint density at radius 3 is 2.66 bits per heavy atom. The lowest BCUT2D eigenvalue weighted by Crippen LogP contribution is -2.36. The van der Waals surface area contributed by atoms with Gasteiger partial charge < -0.3 is 24.9 Å². The Labute approximate surface area is 221 Å². The van der Waals surface area contributed by atoms with E-state index in [2.05, 4.69) is 15.6 Å². The number of hydrogen-bond acceptors (Lipinski definition) is 9. The fourth-order valence-corrected chi connectivity index (χ4v) is 4.28. The molecule has 3 rings (SSSR count). The molecule has 0 saturated heterocycles. The van der Waals surface area contributed by atoms with Gasteiger partial charge in [0.05, 0.1) is 18.6 Å². The van der Waals surface area contributed by atoms with Crippen LogP contribution < -0.4 is 10.6 Å². The van der Waals surface area contributed by atoms with Crippen LogP contribution in [0.2, 0.25) is 0 Å². The predicted molar refractivity (Wildman–Crippen MR) is 139 cm³/mol. The first-order chi connectivity index (χ1) is 18.0. The molecule has 4 atom stereocenters. The summed E-state index contributed by atoms with van der Waals surface area (Å²) in [6.45, 7) is 7.75. The number of nitrogens with one attached hydrogen (secondary N) is 2. The predicted octanol–water partition coefficient (Wildman–Crippen LogP) is 2.36. The second-order valence-corrected chi connectivity index (χ2v) is 9.92. The van der Waals surface area contributed by atoms with Crippen molar-refractivity contribution in [2.45, 2.75) is 65.2 Å². The van der Waals surface area contributed by atoms with E-state index in [4.69, 9.17) is 9.15 Å². The summed E-state index contributed by atoms with van der Waals surface area (Å²) in [6, 6.07) is -0.724. The zero-order valence-electron chi connectivity index (χ0n) is 22.1. The Morgan fingerprint density at radius 2 is 1.92 bits per heavy atom. The van der Waals surface area contributed by atoms with E-state index in [1.54, 1.807) is 37.3 Å². The number of cyclic esters (lactones) is 1. The number of aromatic nitrogens is 1. The SMILES string of the molecule is CC1=C\[C@@H](O)CC(=O)Cc2nc(co2)C(=O)C2CC=C(N2)C(=O)O[C@H](C(C)C)[C@H](C)/C=C/C(=O)NC\C=C\1. The molecule has 2 aliphatic rings. The average Bonchev–Trinajstić information content (AvgIpc) is 3.52. The van der Waals surface area contributed by atoms with Crippen molar-refractivity contribution in [3.8, 4) is 0 Å². The van der Waals surface area contributed by atoms with Crippen molar-refractivity contribution in [2.75, 3.05) is 6.54 Å². The topological polar surface area (TPSA) is 148 Å². The number of Topliss-reactive ketones (excluding diaryl/α,β-unsaturated/α-hetero) is 2. The molecule has 1 unspecified atom stereocenters. The summed E-state index contributed by atoms with van der Waals surface area (Å²) in [7, 11) is 0. The van der Waals surface area contributed by atoms with Crippen LogP contribution in [0, 0.1) is 11.8 Å². The van der Waals surface area contributed by atoms with Gasteiger partial charge in [0.1, 0.15) is 29.5 Å². The Morgan fingerprint density at radius 1 is 1.16 bits per heavy atom. The number of amides is 1. The lowest BCUT2D eigenvalue weighted by molar-refractivity contribution is -0.148. The summed E-state index contributed by atoms with van der Waals surface area (Å²) in [6.07, 6.45) is 9.35. The summed E-state index contributed by atoms with van der Waals surface area (Å²) in [5.41, 5.74) is 0.947. The lowest BCUT2D eigenvalue weighted by atomic mass is 9.94. The summed E-state index contributed by atoms with van der Waals surface area (Å²) in [4.78, 5) is 54.5. The molecule has 38 heavy (non-hydrogen) atoms. The highest BCUT2D eigenvalue weighted by Gasteiger charge is 2.32. The molecule has 0 spiro atoms. The summed E-state index contributed by atoms with van der Waals surface area (Å²) in [5.74, 6) is -1.77. The zero-order valence-corrected chi connectivity index (χ0v) is 22.1. The van der Waals surface area contributed by atoms with Crippen molar-refractivity contribution in [1.82, 2.24) is 15.6 Å². The second kappa shape index (κ2) is 13.1. The number of fused-ring (bicyclic) bond motifs is 4. The lowest BCUT2D eigenvalue weighted by Gasteiger charge is -2.26. The maximum absolute atomic E-state index is 12.9. The Hall–Kier alpha value is -3.79. The van der Waals surface area contributed by atoms with Gasteiger partial charge in [0, 0.05) is 18.9 Å². The number of ketones is 2.